The number of para-hydroxylation sites is 1. The van der Waals surface area contributed by atoms with E-state index in [-0.39, 0.29) is 6.61 Å². The third-order valence-corrected chi connectivity index (χ3v) is 2.84. The number of carbonyl (C=O) groups excluding carboxylic acids is 1. The summed E-state index contributed by atoms with van der Waals surface area (Å²) in [6.45, 7) is 0.226. The summed E-state index contributed by atoms with van der Waals surface area (Å²) in [5.41, 5.74) is 1.78. The average molecular weight is 267 g/mol. The van der Waals surface area contributed by atoms with E-state index < -0.39 is 0 Å². The van der Waals surface area contributed by atoms with Gasteiger partial charge in [0.25, 0.3) is 0 Å². The number of nitriles is 1. The molecule has 0 atom stereocenters. The number of benzene rings is 2. The lowest BCUT2D eigenvalue weighted by Crippen LogP contribution is -2.01. The summed E-state index contributed by atoms with van der Waals surface area (Å²) in [4.78, 5) is 10.9. The smallest absolute Gasteiger partial charge is 0.153 e. The predicted molar refractivity (Wildman–Crippen MR) is 73.9 cm³/mol. The summed E-state index contributed by atoms with van der Waals surface area (Å²) in [6.07, 6.45) is 0.748. The van der Waals surface area contributed by atoms with Crippen molar-refractivity contribution in [1.82, 2.24) is 0 Å². The molecule has 0 aliphatic carbocycles. The zero-order valence-corrected chi connectivity index (χ0v) is 11.0. The fourth-order valence-corrected chi connectivity index (χ4v) is 1.83. The highest BCUT2D eigenvalue weighted by Gasteiger charge is 2.07. The van der Waals surface area contributed by atoms with Crippen LogP contribution < -0.4 is 9.47 Å². The summed E-state index contributed by atoms with van der Waals surface area (Å²) in [6, 6.07) is 14.2. The molecule has 0 saturated heterocycles. The van der Waals surface area contributed by atoms with Crippen LogP contribution in [0.3, 0.4) is 0 Å². The number of carbonyl (C=O) groups is 1. The van der Waals surface area contributed by atoms with Gasteiger partial charge in [-0.1, -0.05) is 12.1 Å². The van der Waals surface area contributed by atoms with E-state index in [1.165, 1.54) is 0 Å². The predicted octanol–water partition coefficient (Wildman–Crippen LogP) is 2.96. The average Bonchev–Trinajstić information content (AvgIpc) is 2.52. The van der Waals surface area contributed by atoms with Crippen molar-refractivity contribution in [1.29, 1.82) is 5.26 Å². The Labute approximate surface area is 117 Å². The minimum absolute atomic E-state index is 0.226. The molecule has 2 rings (SSSR count). The maximum Gasteiger partial charge on any atom is 0.153 e. The second kappa shape index (κ2) is 6.39. The van der Waals surface area contributed by atoms with Gasteiger partial charge in [0.1, 0.15) is 18.1 Å². The Morgan fingerprint density at radius 1 is 1.20 bits per heavy atom. The molecule has 0 saturated carbocycles. The van der Waals surface area contributed by atoms with Crippen molar-refractivity contribution in [3.05, 3.63) is 59.2 Å². The summed E-state index contributed by atoms with van der Waals surface area (Å²) in [5.74, 6) is 1.15. The number of rotatable bonds is 5. The summed E-state index contributed by atoms with van der Waals surface area (Å²) < 4.78 is 10.9. The molecule has 0 aliphatic rings. The van der Waals surface area contributed by atoms with Crippen molar-refractivity contribution in [3.63, 3.8) is 0 Å². The van der Waals surface area contributed by atoms with Crippen molar-refractivity contribution in [2.45, 2.75) is 6.61 Å². The van der Waals surface area contributed by atoms with Crippen LogP contribution in [0.1, 0.15) is 21.5 Å². The van der Waals surface area contributed by atoms with Gasteiger partial charge in [-0.25, -0.2) is 0 Å². The minimum Gasteiger partial charge on any atom is -0.496 e. The van der Waals surface area contributed by atoms with Crippen molar-refractivity contribution in [3.8, 4) is 17.6 Å². The van der Waals surface area contributed by atoms with Crippen LogP contribution in [0.2, 0.25) is 0 Å². The van der Waals surface area contributed by atoms with Crippen LogP contribution in [0.4, 0.5) is 0 Å². The molecule has 0 aromatic heterocycles. The quantitative estimate of drug-likeness (QED) is 0.781. The minimum atomic E-state index is 0.226. The van der Waals surface area contributed by atoms with Gasteiger partial charge >= 0.3 is 0 Å². The molecule has 0 aliphatic heterocycles. The Morgan fingerprint density at radius 2 is 2.00 bits per heavy atom. The van der Waals surface area contributed by atoms with Crippen LogP contribution in [-0.2, 0) is 6.61 Å². The molecule has 0 bridgehead atoms. The number of aldehydes is 1. The van der Waals surface area contributed by atoms with E-state index in [9.17, 15) is 4.79 Å². The highest BCUT2D eigenvalue weighted by atomic mass is 16.5. The van der Waals surface area contributed by atoms with Gasteiger partial charge in [0.2, 0.25) is 0 Å². The first-order valence-electron chi connectivity index (χ1n) is 6.02. The molecular weight excluding hydrogens is 254 g/mol. The Hall–Kier alpha value is -2.80. The molecule has 2 aromatic rings. The van der Waals surface area contributed by atoms with Crippen molar-refractivity contribution >= 4 is 6.29 Å². The van der Waals surface area contributed by atoms with Gasteiger partial charge in [0.15, 0.2) is 6.29 Å². The highest BCUT2D eigenvalue weighted by molar-refractivity contribution is 5.79. The number of hydrogen-bond donors (Lipinski definition) is 0. The van der Waals surface area contributed by atoms with Crippen LogP contribution in [0.25, 0.3) is 0 Å². The van der Waals surface area contributed by atoms with E-state index in [1.807, 2.05) is 0 Å². The molecule has 0 unspecified atom stereocenters. The van der Waals surface area contributed by atoms with Gasteiger partial charge in [-0.15, -0.1) is 0 Å². The lowest BCUT2D eigenvalue weighted by molar-refractivity contribution is 0.111. The fourth-order valence-electron chi connectivity index (χ4n) is 1.83. The largest absolute Gasteiger partial charge is 0.496 e. The molecule has 100 valence electrons. The zero-order chi connectivity index (χ0) is 14.4. The molecule has 20 heavy (non-hydrogen) atoms. The summed E-state index contributed by atoms with van der Waals surface area (Å²) in [5, 5.41) is 8.92. The Morgan fingerprint density at radius 3 is 2.70 bits per heavy atom. The first-order valence-corrected chi connectivity index (χ1v) is 6.02. The lowest BCUT2D eigenvalue weighted by Gasteiger charge is -2.11. The summed E-state index contributed by atoms with van der Waals surface area (Å²) >= 11 is 0. The SMILES string of the molecule is COc1ccc(C#N)cc1COc1ccccc1C=O. The molecule has 0 spiro atoms. The molecule has 0 radical (unpaired) electrons. The van der Waals surface area contributed by atoms with Gasteiger partial charge in [0.05, 0.1) is 24.3 Å². The maximum absolute atomic E-state index is 10.9. The third kappa shape index (κ3) is 2.96. The molecule has 0 N–H and O–H groups in total. The molecular formula is C16H13NO3. The molecule has 4 nitrogen and oxygen atoms in total. The third-order valence-electron chi connectivity index (χ3n) is 2.84. The van der Waals surface area contributed by atoms with Gasteiger partial charge in [-0.3, -0.25) is 4.79 Å². The monoisotopic (exact) mass is 267 g/mol. The number of ether oxygens (including phenoxy) is 2. The second-order valence-electron chi connectivity index (χ2n) is 4.08. The van der Waals surface area contributed by atoms with E-state index >= 15 is 0 Å². The Balaban J connectivity index is 2.22. The van der Waals surface area contributed by atoms with Crippen LogP contribution >= 0.6 is 0 Å². The van der Waals surface area contributed by atoms with E-state index in [0.717, 1.165) is 11.8 Å². The molecule has 2 aromatic carbocycles. The molecule has 4 heteroatoms. The van der Waals surface area contributed by atoms with Crippen LogP contribution in [0.5, 0.6) is 11.5 Å². The van der Waals surface area contributed by atoms with E-state index in [4.69, 9.17) is 14.7 Å². The Bertz CT molecular complexity index is 659. The Kier molecular flexibility index (Phi) is 4.35. The number of methoxy groups -OCH3 is 1. The number of nitrogens with zero attached hydrogens (tertiary/aromatic N) is 1. The normalized spacial score (nSPS) is 9.60. The van der Waals surface area contributed by atoms with Crippen LogP contribution in [0, 0.1) is 11.3 Å². The molecule has 0 heterocycles. The van der Waals surface area contributed by atoms with Crippen molar-refractivity contribution in [2.75, 3.05) is 7.11 Å². The van der Waals surface area contributed by atoms with Gasteiger partial charge in [-0.05, 0) is 30.3 Å². The van der Waals surface area contributed by atoms with E-state index in [0.29, 0.717) is 22.6 Å². The highest BCUT2D eigenvalue weighted by Crippen LogP contribution is 2.23. The van der Waals surface area contributed by atoms with Crippen molar-refractivity contribution < 1.29 is 14.3 Å². The van der Waals surface area contributed by atoms with Crippen LogP contribution in [-0.4, -0.2) is 13.4 Å². The van der Waals surface area contributed by atoms with E-state index in [2.05, 4.69) is 6.07 Å². The summed E-state index contributed by atoms with van der Waals surface area (Å²) in [7, 11) is 1.56. The van der Waals surface area contributed by atoms with Gasteiger partial charge in [0, 0.05) is 5.56 Å². The molecule has 0 amide bonds. The zero-order valence-electron chi connectivity index (χ0n) is 11.0. The topological polar surface area (TPSA) is 59.3 Å². The van der Waals surface area contributed by atoms with E-state index in [1.54, 1.807) is 49.6 Å². The second-order valence-corrected chi connectivity index (χ2v) is 4.08. The number of hydrogen-bond acceptors (Lipinski definition) is 4. The van der Waals surface area contributed by atoms with Gasteiger partial charge < -0.3 is 9.47 Å². The standard InChI is InChI=1S/C16H13NO3/c1-19-15-7-6-12(9-17)8-14(15)11-20-16-5-3-2-4-13(16)10-18/h2-8,10H,11H2,1H3. The van der Waals surface area contributed by atoms with Crippen LogP contribution in [0.15, 0.2) is 42.5 Å². The first kappa shape index (κ1) is 13.6. The maximum atomic E-state index is 10.9. The first-order chi connectivity index (χ1) is 9.78. The van der Waals surface area contributed by atoms with Gasteiger partial charge in [-0.2, -0.15) is 5.26 Å². The van der Waals surface area contributed by atoms with Crippen molar-refractivity contribution in [2.24, 2.45) is 0 Å². The fraction of sp³-hybridized carbons (Fsp3) is 0.125. The lowest BCUT2D eigenvalue weighted by atomic mass is 10.1. The molecule has 0 fully saturated rings.